The quantitative estimate of drug-likeness (QED) is 0.476. The van der Waals surface area contributed by atoms with Crippen LogP contribution in [0.25, 0.3) is 11.1 Å². The molecule has 7 nitrogen and oxygen atoms in total. The second-order valence-corrected chi connectivity index (χ2v) is 7.05. The predicted octanol–water partition coefficient (Wildman–Crippen LogP) is 4.00. The maximum absolute atomic E-state index is 12.3. The van der Waals surface area contributed by atoms with Crippen LogP contribution in [-0.4, -0.2) is 39.0 Å². The number of nitrogens with two attached hydrogens (primary N) is 1. The van der Waals surface area contributed by atoms with Crippen molar-refractivity contribution < 1.29 is 19.2 Å². The Morgan fingerprint density at radius 3 is 1.94 bits per heavy atom. The third-order valence-electron chi connectivity index (χ3n) is 4.14. The van der Waals surface area contributed by atoms with Crippen LogP contribution in [0.15, 0.2) is 77.3 Å². The van der Waals surface area contributed by atoms with Gasteiger partial charge in [-0.05, 0) is 67.1 Å². The SMILES string of the molecule is C=O.C=O.CN.Cc1ccccc1-c1ccc(C(=O)NCC(=O)Nc2ccc(Br)cc2)cc1. The minimum atomic E-state index is -0.280. The highest BCUT2D eigenvalue weighted by Gasteiger charge is 2.09. The first-order chi connectivity index (χ1) is 16.0. The van der Waals surface area contributed by atoms with Crippen LogP contribution in [0.1, 0.15) is 15.9 Å². The molecule has 0 aliphatic carbocycles. The summed E-state index contributed by atoms with van der Waals surface area (Å²) >= 11 is 3.34. The van der Waals surface area contributed by atoms with Crippen LogP contribution in [0.4, 0.5) is 5.69 Å². The van der Waals surface area contributed by atoms with Crippen molar-refractivity contribution in [3.05, 3.63) is 88.4 Å². The minimum absolute atomic E-state index is 0.0888. The fraction of sp³-hybridized carbons (Fsp3) is 0.120. The molecule has 0 unspecified atom stereocenters. The number of hydrogen-bond donors (Lipinski definition) is 3. The number of nitrogens with one attached hydrogen (secondary N) is 2. The maximum Gasteiger partial charge on any atom is 0.251 e. The van der Waals surface area contributed by atoms with E-state index in [9.17, 15) is 9.59 Å². The summed E-state index contributed by atoms with van der Waals surface area (Å²) in [7, 11) is 1.50. The number of anilines is 1. The van der Waals surface area contributed by atoms with Crippen molar-refractivity contribution in [1.82, 2.24) is 5.32 Å². The number of carbonyl (C=O) groups is 4. The minimum Gasteiger partial charge on any atom is -0.343 e. The van der Waals surface area contributed by atoms with E-state index in [1.165, 1.54) is 12.6 Å². The van der Waals surface area contributed by atoms with Crippen molar-refractivity contribution in [2.75, 3.05) is 18.9 Å². The van der Waals surface area contributed by atoms with Crippen LogP contribution >= 0.6 is 15.9 Å². The van der Waals surface area contributed by atoms with Crippen molar-refractivity contribution in [3.63, 3.8) is 0 Å². The molecule has 3 rings (SSSR count). The summed E-state index contributed by atoms with van der Waals surface area (Å²) in [5.74, 6) is -0.556. The number of hydrogen-bond acceptors (Lipinski definition) is 5. The largest absolute Gasteiger partial charge is 0.343 e. The highest BCUT2D eigenvalue weighted by Crippen LogP contribution is 2.23. The van der Waals surface area contributed by atoms with Gasteiger partial charge >= 0.3 is 0 Å². The van der Waals surface area contributed by atoms with Crippen LogP contribution in [0.3, 0.4) is 0 Å². The molecule has 8 heteroatoms. The average molecular weight is 514 g/mol. The molecule has 0 atom stereocenters. The Morgan fingerprint density at radius 1 is 0.848 bits per heavy atom. The smallest absolute Gasteiger partial charge is 0.251 e. The molecule has 0 heterocycles. The summed E-state index contributed by atoms with van der Waals surface area (Å²) in [5, 5.41) is 5.38. The molecule has 33 heavy (non-hydrogen) atoms. The van der Waals surface area contributed by atoms with Crippen molar-refractivity contribution >= 4 is 47.0 Å². The molecule has 0 bridgehead atoms. The molecule has 0 radical (unpaired) electrons. The Balaban J connectivity index is 0.00000158. The summed E-state index contributed by atoms with van der Waals surface area (Å²) in [6.07, 6.45) is 0. The molecule has 0 fully saturated rings. The maximum atomic E-state index is 12.3. The standard InChI is InChI=1S/C22H19BrN2O2.CH5N.2CH2O/c1-15-4-2-3-5-20(15)16-6-8-17(9-7-16)22(27)24-14-21(26)25-19-12-10-18(23)11-13-19;3*1-2/h2-13H,14H2,1H3,(H,24,27)(H,25,26);2H2,1H3;2*1H2. The average Bonchev–Trinajstić information content (AvgIpc) is 2.88. The lowest BCUT2D eigenvalue weighted by atomic mass is 9.99. The first-order valence-electron chi connectivity index (χ1n) is 9.68. The summed E-state index contributed by atoms with van der Waals surface area (Å²) in [4.78, 5) is 40.2. The Labute approximate surface area is 202 Å². The lowest BCUT2D eigenvalue weighted by molar-refractivity contribution is -0.115. The molecular formula is C25H28BrN3O4. The Hall–Kier alpha value is -3.62. The molecule has 0 saturated heterocycles. The van der Waals surface area contributed by atoms with Gasteiger partial charge in [-0.15, -0.1) is 0 Å². The van der Waals surface area contributed by atoms with Crippen LogP contribution in [0.2, 0.25) is 0 Å². The third kappa shape index (κ3) is 10.0. The van der Waals surface area contributed by atoms with Gasteiger partial charge in [0.05, 0.1) is 6.54 Å². The third-order valence-corrected chi connectivity index (χ3v) is 4.67. The van der Waals surface area contributed by atoms with E-state index in [1.807, 2.05) is 50.0 Å². The molecule has 0 aromatic heterocycles. The van der Waals surface area contributed by atoms with Crippen molar-refractivity contribution in [3.8, 4) is 11.1 Å². The lowest BCUT2D eigenvalue weighted by Gasteiger charge is -2.09. The van der Waals surface area contributed by atoms with E-state index in [-0.39, 0.29) is 18.4 Å². The van der Waals surface area contributed by atoms with E-state index >= 15 is 0 Å². The molecule has 3 aromatic carbocycles. The summed E-state index contributed by atoms with van der Waals surface area (Å²) in [6.45, 7) is 5.97. The molecular weight excluding hydrogens is 486 g/mol. The van der Waals surface area contributed by atoms with E-state index in [1.54, 1.807) is 24.3 Å². The van der Waals surface area contributed by atoms with Gasteiger partial charge in [-0.3, -0.25) is 9.59 Å². The van der Waals surface area contributed by atoms with Gasteiger partial charge in [0.2, 0.25) is 5.91 Å². The predicted molar refractivity (Wildman–Crippen MR) is 136 cm³/mol. The number of carbonyl (C=O) groups excluding carboxylic acids is 4. The van der Waals surface area contributed by atoms with Gasteiger partial charge in [-0.1, -0.05) is 52.3 Å². The summed E-state index contributed by atoms with van der Waals surface area (Å²) < 4.78 is 0.933. The van der Waals surface area contributed by atoms with Gasteiger partial charge in [0.15, 0.2) is 0 Å². The Morgan fingerprint density at radius 2 is 1.39 bits per heavy atom. The van der Waals surface area contributed by atoms with E-state index < -0.39 is 0 Å². The summed E-state index contributed by atoms with van der Waals surface area (Å²) in [5.41, 5.74) is 9.07. The number of amides is 2. The molecule has 0 aliphatic heterocycles. The van der Waals surface area contributed by atoms with Crippen LogP contribution < -0.4 is 16.4 Å². The van der Waals surface area contributed by atoms with Crippen molar-refractivity contribution in [2.24, 2.45) is 5.73 Å². The number of rotatable bonds is 5. The summed E-state index contributed by atoms with van der Waals surface area (Å²) in [6, 6.07) is 22.7. The Kier molecular flexibility index (Phi) is 15.1. The fourth-order valence-electron chi connectivity index (χ4n) is 2.70. The molecule has 0 spiro atoms. The first kappa shape index (κ1) is 29.4. The molecule has 4 N–H and O–H groups in total. The van der Waals surface area contributed by atoms with Crippen LogP contribution in [0, 0.1) is 6.92 Å². The van der Waals surface area contributed by atoms with E-state index in [2.05, 4.69) is 51.4 Å². The monoisotopic (exact) mass is 513 g/mol. The number of benzene rings is 3. The van der Waals surface area contributed by atoms with Gasteiger partial charge in [0.25, 0.3) is 5.91 Å². The van der Waals surface area contributed by atoms with Gasteiger partial charge in [-0.2, -0.15) is 0 Å². The Bertz CT molecular complexity index is 991. The molecule has 0 saturated carbocycles. The molecule has 0 aliphatic rings. The van der Waals surface area contributed by atoms with Crippen molar-refractivity contribution in [2.45, 2.75) is 6.92 Å². The van der Waals surface area contributed by atoms with Gasteiger partial charge < -0.3 is 26.0 Å². The highest BCUT2D eigenvalue weighted by molar-refractivity contribution is 9.10. The second kappa shape index (κ2) is 17.0. The lowest BCUT2D eigenvalue weighted by Crippen LogP contribution is -2.32. The number of aryl methyl sites for hydroxylation is 1. The van der Waals surface area contributed by atoms with Gasteiger partial charge in [-0.25, -0.2) is 0 Å². The zero-order valence-electron chi connectivity index (χ0n) is 18.6. The zero-order chi connectivity index (χ0) is 25.2. The fourth-order valence-corrected chi connectivity index (χ4v) is 2.96. The first-order valence-corrected chi connectivity index (χ1v) is 10.5. The van der Waals surface area contributed by atoms with Gasteiger partial charge in [0, 0.05) is 15.7 Å². The molecule has 174 valence electrons. The van der Waals surface area contributed by atoms with E-state index in [4.69, 9.17) is 9.59 Å². The van der Waals surface area contributed by atoms with Crippen LogP contribution in [-0.2, 0) is 14.4 Å². The van der Waals surface area contributed by atoms with Crippen molar-refractivity contribution in [1.29, 1.82) is 0 Å². The second-order valence-electron chi connectivity index (χ2n) is 6.13. The molecule has 3 aromatic rings. The zero-order valence-corrected chi connectivity index (χ0v) is 20.2. The normalized spacial score (nSPS) is 8.85. The topological polar surface area (TPSA) is 118 Å². The molecule has 2 amide bonds. The van der Waals surface area contributed by atoms with Gasteiger partial charge in [0.1, 0.15) is 13.6 Å². The number of halogens is 1. The van der Waals surface area contributed by atoms with E-state index in [0.29, 0.717) is 11.3 Å². The highest BCUT2D eigenvalue weighted by atomic mass is 79.9. The van der Waals surface area contributed by atoms with Crippen LogP contribution in [0.5, 0.6) is 0 Å². The van der Waals surface area contributed by atoms with E-state index in [0.717, 1.165) is 15.6 Å².